The van der Waals surface area contributed by atoms with E-state index in [0.29, 0.717) is 31.6 Å². The highest BCUT2D eigenvalue weighted by molar-refractivity contribution is 7.99. The van der Waals surface area contributed by atoms with E-state index in [1.165, 1.54) is 5.56 Å². The minimum atomic E-state index is -0.0345. The number of aromatic nitrogens is 3. The molecule has 5 rings (SSSR count). The van der Waals surface area contributed by atoms with Crippen molar-refractivity contribution in [1.29, 1.82) is 0 Å². The van der Waals surface area contributed by atoms with Gasteiger partial charge in [-0.3, -0.25) is 14.2 Å². The van der Waals surface area contributed by atoms with Gasteiger partial charge >= 0.3 is 0 Å². The molecule has 8 heteroatoms. The molecule has 2 heterocycles. The summed E-state index contributed by atoms with van der Waals surface area (Å²) < 4.78 is 2.08. The fraction of sp³-hybridized carbons (Fsp3) is 0.353. The first-order valence-corrected chi connectivity index (χ1v) is 15.6. The molecule has 0 N–H and O–H groups in total. The second-order valence-electron chi connectivity index (χ2n) is 11.8. The zero-order valence-corrected chi connectivity index (χ0v) is 25.7. The first-order chi connectivity index (χ1) is 20.2. The Labute approximate surface area is 252 Å². The number of hydrogen-bond donors (Lipinski definition) is 0. The lowest BCUT2D eigenvalue weighted by atomic mass is 9.86. The summed E-state index contributed by atoms with van der Waals surface area (Å²) in [4.78, 5) is 30.1. The van der Waals surface area contributed by atoms with Crippen molar-refractivity contribution in [3.8, 4) is 17.1 Å². The molecule has 0 spiro atoms. The number of carbonyl (C=O) groups is 2. The quantitative estimate of drug-likeness (QED) is 0.176. The van der Waals surface area contributed by atoms with Crippen molar-refractivity contribution < 1.29 is 9.59 Å². The smallest absolute Gasteiger partial charge is 0.254 e. The summed E-state index contributed by atoms with van der Waals surface area (Å²) in [7, 11) is 0. The maximum absolute atomic E-state index is 13.2. The average Bonchev–Trinajstić information content (AvgIpc) is 3.43. The van der Waals surface area contributed by atoms with Gasteiger partial charge in [-0.1, -0.05) is 93.2 Å². The fourth-order valence-corrected chi connectivity index (χ4v) is 6.15. The lowest BCUT2D eigenvalue weighted by Crippen LogP contribution is -2.55. The number of para-hydroxylation sites is 1. The van der Waals surface area contributed by atoms with E-state index in [4.69, 9.17) is 0 Å². The van der Waals surface area contributed by atoms with Gasteiger partial charge in [0.1, 0.15) is 0 Å². The van der Waals surface area contributed by atoms with Crippen LogP contribution in [-0.4, -0.2) is 67.8 Å². The van der Waals surface area contributed by atoms with Crippen LogP contribution >= 0.6 is 11.8 Å². The molecule has 0 radical (unpaired) electrons. The Morgan fingerprint density at radius 1 is 0.881 bits per heavy atom. The van der Waals surface area contributed by atoms with Crippen LogP contribution in [0.3, 0.4) is 0 Å². The van der Waals surface area contributed by atoms with E-state index in [1.807, 2.05) is 89.5 Å². The maximum Gasteiger partial charge on any atom is 0.254 e. The zero-order valence-electron chi connectivity index (χ0n) is 24.9. The Morgan fingerprint density at radius 3 is 2.19 bits per heavy atom. The maximum atomic E-state index is 13.2. The van der Waals surface area contributed by atoms with E-state index >= 15 is 0 Å². The van der Waals surface area contributed by atoms with Gasteiger partial charge in [-0.05, 0) is 48.6 Å². The lowest BCUT2D eigenvalue weighted by molar-refractivity contribution is -0.133. The molecule has 0 saturated carbocycles. The van der Waals surface area contributed by atoms with Crippen molar-refractivity contribution in [3.05, 3.63) is 96.1 Å². The number of rotatable bonds is 8. The minimum Gasteiger partial charge on any atom is -0.339 e. The molecule has 1 aliphatic heterocycles. The van der Waals surface area contributed by atoms with E-state index in [9.17, 15) is 9.59 Å². The molecule has 0 bridgehead atoms. The van der Waals surface area contributed by atoms with Crippen LogP contribution in [0.1, 0.15) is 56.5 Å². The molecule has 1 unspecified atom stereocenters. The summed E-state index contributed by atoms with van der Waals surface area (Å²) in [5.41, 5.74) is 3.96. The molecular formula is C34H39N5O2S. The van der Waals surface area contributed by atoms with Crippen LogP contribution in [0.2, 0.25) is 0 Å². The molecule has 42 heavy (non-hydrogen) atoms. The van der Waals surface area contributed by atoms with Crippen molar-refractivity contribution >= 4 is 23.6 Å². The van der Waals surface area contributed by atoms with Gasteiger partial charge in [-0.15, -0.1) is 10.2 Å². The molecule has 3 aromatic carbocycles. The van der Waals surface area contributed by atoms with Crippen LogP contribution in [0.25, 0.3) is 17.1 Å². The average molecular weight is 582 g/mol. The number of carbonyl (C=O) groups excluding carboxylic acids is 2. The molecule has 1 saturated heterocycles. The van der Waals surface area contributed by atoms with Crippen molar-refractivity contribution in [2.45, 2.75) is 57.1 Å². The molecule has 7 nitrogen and oxygen atoms in total. The Bertz CT molecular complexity index is 1500. The van der Waals surface area contributed by atoms with E-state index in [-0.39, 0.29) is 23.3 Å². The molecule has 1 fully saturated rings. The van der Waals surface area contributed by atoms with Gasteiger partial charge in [0.2, 0.25) is 5.91 Å². The van der Waals surface area contributed by atoms with Crippen molar-refractivity contribution in [1.82, 2.24) is 24.6 Å². The third-order valence-electron chi connectivity index (χ3n) is 7.68. The van der Waals surface area contributed by atoms with Gasteiger partial charge in [0.15, 0.2) is 11.0 Å². The van der Waals surface area contributed by atoms with E-state index in [1.54, 1.807) is 11.8 Å². The van der Waals surface area contributed by atoms with Gasteiger partial charge in [0.05, 0.1) is 0 Å². The van der Waals surface area contributed by atoms with Crippen molar-refractivity contribution in [2.75, 3.05) is 25.4 Å². The monoisotopic (exact) mass is 581 g/mol. The Kier molecular flexibility index (Phi) is 9.12. The van der Waals surface area contributed by atoms with E-state index in [0.717, 1.165) is 34.4 Å². The van der Waals surface area contributed by atoms with Crippen LogP contribution in [0, 0.1) is 0 Å². The van der Waals surface area contributed by atoms with Crippen LogP contribution < -0.4 is 0 Å². The van der Waals surface area contributed by atoms with Crippen LogP contribution in [-0.2, 0) is 10.2 Å². The van der Waals surface area contributed by atoms with Gasteiger partial charge in [-0.25, -0.2) is 0 Å². The summed E-state index contributed by atoms with van der Waals surface area (Å²) >= 11 is 1.62. The lowest BCUT2D eigenvalue weighted by Gasteiger charge is -2.40. The van der Waals surface area contributed by atoms with Gasteiger partial charge < -0.3 is 9.80 Å². The molecule has 1 atom stereocenters. The summed E-state index contributed by atoms with van der Waals surface area (Å²) in [6, 6.07) is 28.1. The predicted molar refractivity (Wildman–Crippen MR) is 169 cm³/mol. The standard InChI is InChI=1S/C34H39N5O2S/c1-25-24-37(21-22-38(25)32(41)27-17-19-28(20-18-27)34(2,3)4)30(40)16-11-23-42-33-36-35-31(26-12-7-5-8-13-26)39(33)29-14-9-6-10-15-29/h5-10,12-15,17-20,25H,11,16,21-24H2,1-4H3. The van der Waals surface area contributed by atoms with Crippen molar-refractivity contribution in [2.24, 2.45) is 0 Å². The van der Waals surface area contributed by atoms with Crippen LogP contribution in [0.5, 0.6) is 0 Å². The van der Waals surface area contributed by atoms with Crippen molar-refractivity contribution in [3.63, 3.8) is 0 Å². The number of piperazine rings is 1. The normalized spacial score (nSPS) is 15.6. The summed E-state index contributed by atoms with van der Waals surface area (Å²) in [5.74, 6) is 1.72. The summed E-state index contributed by atoms with van der Waals surface area (Å²) in [6.07, 6.45) is 1.20. The summed E-state index contributed by atoms with van der Waals surface area (Å²) in [5, 5.41) is 9.81. The van der Waals surface area contributed by atoms with E-state index < -0.39 is 0 Å². The molecule has 218 valence electrons. The van der Waals surface area contributed by atoms with Gasteiger partial charge in [0, 0.05) is 54.7 Å². The number of nitrogens with zero attached hydrogens (tertiary/aromatic N) is 5. The van der Waals surface area contributed by atoms with E-state index in [2.05, 4.69) is 47.7 Å². The van der Waals surface area contributed by atoms with Crippen LogP contribution in [0.15, 0.2) is 90.1 Å². The van der Waals surface area contributed by atoms with Gasteiger partial charge in [-0.2, -0.15) is 0 Å². The number of amides is 2. The predicted octanol–water partition coefficient (Wildman–Crippen LogP) is 6.48. The fourth-order valence-electron chi connectivity index (χ4n) is 5.26. The Hall–Kier alpha value is -3.91. The molecule has 4 aromatic rings. The molecule has 1 aliphatic rings. The zero-order chi connectivity index (χ0) is 29.7. The molecule has 0 aliphatic carbocycles. The second kappa shape index (κ2) is 12.9. The third-order valence-corrected chi connectivity index (χ3v) is 8.70. The highest BCUT2D eigenvalue weighted by Gasteiger charge is 2.30. The first kappa shape index (κ1) is 29.6. The minimum absolute atomic E-state index is 0.0313. The first-order valence-electron chi connectivity index (χ1n) is 14.6. The number of benzene rings is 3. The van der Waals surface area contributed by atoms with Gasteiger partial charge in [0.25, 0.3) is 5.91 Å². The Balaban J connectivity index is 1.14. The second-order valence-corrected chi connectivity index (χ2v) is 12.9. The SMILES string of the molecule is CC1CN(C(=O)CCCSc2nnc(-c3ccccc3)n2-c2ccccc2)CCN1C(=O)c1ccc(C(C)(C)C)cc1. The highest BCUT2D eigenvalue weighted by Crippen LogP contribution is 2.29. The van der Waals surface area contributed by atoms with Crippen LogP contribution in [0.4, 0.5) is 0 Å². The number of thioether (sulfide) groups is 1. The summed E-state index contributed by atoms with van der Waals surface area (Å²) in [6.45, 7) is 10.2. The number of hydrogen-bond acceptors (Lipinski definition) is 5. The Morgan fingerprint density at radius 2 is 1.55 bits per heavy atom. The largest absolute Gasteiger partial charge is 0.339 e. The molecular weight excluding hydrogens is 542 g/mol. The third kappa shape index (κ3) is 6.76. The molecule has 1 aromatic heterocycles. The topological polar surface area (TPSA) is 71.3 Å². The highest BCUT2D eigenvalue weighted by atomic mass is 32.2. The molecule has 2 amide bonds.